The smallest absolute Gasteiger partial charge is 0.314 e. The molecule has 3 amide bonds. The van der Waals surface area contributed by atoms with Crippen molar-refractivity contribution in [2.24, 2.45) is 11.7 Å². The molecule has 0 saturated carbocycles. The van der Waals surface area contributed by atoms with E-state index in [0.717, 1.165) is 30.6 Å². The Balaban J connectivity index is 1.63. The molecule has 3 N–H and O–H groups in total. The zero-order valence-electron chi connectivity index (χ0n) is 14.5. The number of nitrogens with one attached hydrogen (secondary N) is 1. The van der Waals surface area contributed by atoms with Crippen LogP contribution in [0.2, 0.25) is 0 Å². The van der Waals surface area contributed by atoms with Crippen LogP contribution in [0, 0.1) is 5.92 Å². The normalized spacial score (nSPS) is 21.2. The second-order valence-electron chi connectivity index (χ2n) is 6.61. The summed E-state index contributed by atoms with van der Waals surface area (Å²) in [5.74, 6) is 1.19. The predicted octanol–water partition coefficient (Wildman–Crippen LogP) is 1.82. The van der Waals surface area contributed by atoms with E-state index in [1.54, 1.807) is 0 Å². The number of fused-ring (bicyclic) bond motifs is 1. The first-order valence-electron chi connectivity index (χ1n) is 8.79. The van der Waals surface area contributed by atoms with Gasteiger partial charge in [0.1, 0.15) is 0 Å². The van der Waals surface area contributed by atoms with Crippen LogP contribution in [0.25, 0.3) is 0 Å². The van der Waals surface area contributed by atoms with Gasteiger partial charge in [-0.15, -0.1) is 0 Å². The summed E-state index contributed by atoms with van der Waals surface area (Å²) >= 11 is 0. The molecule has 0 bridgehead atoms. The molecule has 1 aromatic carbocycles. The van der Waals surface area contributed by atoms with Crippen molar-refractivity contribution in [3.05, 3.63) is 23.8 Å². The Labute approximate surface area is 147 Å². The summed E-state index contributed by atoms with van der Waals surface area (Å²) in [7, 11) is 0. The summed E-state index contributed by atoms with van der Waals surface area (Å²) in [5.41, 5.74) is 6.29. The van der Waals surface area contributed by atoms with E-state index in [-0.39, 0.29) is 17.9 Å². The third kappa shape index (κ3) is 4.15. The molecule has 3 rings (SSSR count). The first kappa shape index (κ1) is 17.4. The van der Waals surface area contributed by atoms with Crippen LogP contribution >= 0.6 is 0 Å². The Hall–Kier alpha value is -2.44. The van der Waals surface area contributed by atoms with E-state index in [1.807, 2.05) is 25.1 Å². The molecule has 1 fully saturated rings. The quantitative estimate of drug-likeness (QED) is 0.872. The van der Waals surface area contributed by atoms with Crippen molar-refractivity contribution >= 4 is 11.9 Å². The Kier molecular flexibility index (Phi) is 5.31. The third-order valence-corrected chi connectivity index (χ3v) is 4.73. The zero-order chi connectivity index (χ0) is 17.8. The average molecular weight is 347 g/mol. The van der Waals surface area contributed by atoms with Crippen molar-refractivity contribution in [1.82, 2.24) is 10.2 Å². The fourth-order valence-electron chi connectivity index (χ4n) is 3.26. The lowest BCUT2D eigenvalue weighted by atomic mass is 9.96. The molecular weight excluding hydrogens is 322 g/mol. The number of hydrogen-bond acceptors (Lipinski definition) is 4. The molecule has 0 aliphatic carbocycles. The third-order valence-electron chi connectivity index (χ3n) is 4.73. The first-order valence-corrected chi connectivity index (χ1v) is 8.79. The largest absolute Gasteiger partial charge is 0.490 e. The lowest BCUT2D eigenvalue weighted by Gasteiger charge is -2.31. The number of piperidine rings is 1. The van der Waals surface area contributed by atoms with E-state index in [4.69, 9.17) is 15.2 Å². The van der Waals surface area contributed by atoms with Crippen molar-refractivity contribution < 1.29 is 19.1 Å². The molecule has 25 heavy (non-hydrogen) atoms. The Morgan fingerprint density at radius 3 is 2.76 bits per heavy atom. The van der Waals surface area contributed by atoms with Gasteiger partial charge in [-0.3, -0.25) is 4.79 Å². The van der Waals surface area contributed by atoms with Gasteiger partial charge >= 0.3 is 6.03 Å². The van der Waals surface area contributed by atoms with Gasteiger partial charge in [0.15, 0.2) is 11.5 Å². The van der Waals surface area contributed by atoms with Gasteiger partial charge in [-0.1, -0.05) is 6.07 Å². The molecule has 2 aliphatic rings. The molecule has 0 radical (unpaired) electrons. The fourth-order valence-corrected chi connectivity index (χ4v) is 3.26. The summed E-state index contributed by atoms with van der Waals surface area (Å²) in [4.78, 5) is 25.4. The highest BCUT2D eigenvalue weighted by molar-refractivity contribution is 5.80. The van der Waals surface area contributed by atoms with Gasteiger partial charge < -0.3 is 25.4 Å². The Bertz CT molecular complexity index is 649. The van der Waals surface area contributed by atoms with Crippen LogP contribution in [-0.2, 0) is 4.79 Å². The maximum atomic E-state index is 12.5. The van der Waals surface area contributed by atoms with E-state index < -0.39 is 6.03 Å². The molecule has 2 aliphatic heterocycles. The maximum absolute atomic E-state index is 12.5. The molecule has 0 aromatic heterocycles. The lowest BCUT2D eigenvalue weighted by molar-refractivity contribution is -0.126. The molecule has 7 nitrogen and oxygen atoms in total. The molecule has 0 spiro atoms. The highest BCUT2D eigenvalue weighted by atomic mass is 16.5. The topological polar surface area (TPSA) is 93.9 Å². The minimum atomic E-state index is -0.464. The van der Waals surface area contributed by atoms with Crippen LogP contribution in [0.3, 0.4) is 0 Å². The number of amides is 3. The van der Waals surface area contributed by atoms with Gasteiger partial charge in [0.05, 0.1) is 25.2 Å². The second-order valence-corrected chi connectivity index (χ2v) is 6.61. The van der Waals surface area contributed by atoms with Gasteiger partial charge in [0.25, 0.3) is 0 Å². The van der Waals surface area contributed by atoms with Gasteiger partial charge in [0.2, 0.25) is 5.91 Å². The Morgan fingerprint density at radius 1 is 1.24 bits per heavy atom. The minimum Gasteiger partial charge on any atom is -0.490 e. The number of nitrogens with zero attached hydrogens (tertiary/aromatic N) is 1. The Morgan fingerprint density at radius 2 is 2.00 bits per heavy atom. The number of urea groups is 1. The average Bonchev–Trinajstić information content (AvgIpc) is 2.86. The number of hydrogen-bond donors (Lipinski definition) is 2. The van der Waals surface area contributed by atoms with Crippen molar-refractivity contribution in [3.63, 3.8) is 0 Å². The maximum Gasteiger partial charge on any atom is 0.314 e. The van der Waals surface area contributed by atoms with Gasteiger partial charge in [-0.05, 0) is 37.5 Å². The van der Waals surface area contributed by atoms with Crippen LogP contribution < -0.4 is 20.5 Å². The number of likely N-dealkylation sites (tertiary alicyclic amines) is 1. The molecule has 2 heterocycles. The van der Waals surface area contributed by atoms with Crippen molar-refractivity contribution in [3.8, 4) is 11.5 Å². The summed E-state index contributed by atoms with van der Waals surface area (Å²) in [6, 6.07) is 5.12. The number of rotatable bonds is 3. The molecule has 2 atom stereocenters. The zero-order valence-corrected chi connectivity index (χ0v) is 14.5. The fraction of sp³-hybridized carbons (Fsp3) is 0.556. The summed E-state index contributed by atoms with van der Waals surface area (Å²) in [6.07, 6.45) is 2.41. The number of primary amides is 1. The van der Waals surface area contributed by atoms with Crippen LogP contribution in [0.1, 0.15) is 37.8 Å². The van der Waals surface area contributed by atoms with Gasteiger partial charge in [-0.2, -0.15) is 0 Å². The molecule has 1 aromatic rings. The van der Waals surface area contributed by atoms with E-state index >= 15 is 0 Å². The number of nitrogens with two attached hydrogens (primary N) is 1. The highest BCUT2D eigenvalue weighted by Crippen LogP contribution is 2.32. The number of carbonyl (C=O) groups is 2. The first-order chi connectivity index (χ1) is 12.0. The van der Waals surface area contributed by atoms with E-state index in [2.05, 4.69) is 5.32 Å². The number of carbonyl (C=O) groups excluding carboxylic acids is 2. The van der Waals surface area contributed by atoms with Crippen LogP contribution in [0.15, 0.2) is 18.2 Å². The van der Waals surface area contributed by atoms with Gasteiger partial charge in [0, 0.05) is 19.5 Å². The summed E-state index contributed by atoms with van der Waals surface area (Å²) < 4.78 is 11.3. The summed E-state index contributed by atoms with van der Waals surface area (Å²) in [5, 5.41) is 3.03. The molecule has 7 heteroatoms. The predicted molar refractivity (Wildman–Crippen MR) is 92.5 cm³/mol. The van der Waals surface area contributed by atoms with Crippen LogP contribution in [0.5, 0.6) is 11.5 Å². The molecular formula is C18H25N3O4. The highest BCUT2D eigenvalue weighted by Gasteiger charge is 2.28. The summed E-state index contributed by atoms with van der Waals surface area (Å²) in [6.45, 7) is 4.22. The minimum absolute atomic E-state index is 0.0504. The van der Waals surface area contributed by atoms with E-state index in [0.29, 0.717) is 32.1 Å². The molecule has 0 unspecified atom stereocenters. The number of benzene rings is 1. The van der Waals surface area contributed by atoms with Crippen molar-refractivity contribution in [2.45, 2.75) is 32.2 Å². The number of ether oxygens (including phenoxy) is 2. The second kappa shape index (κ2) is 7.63. The van der Waals surface area contributed by atoms with E-state index in [1.165, 1.54) is 4.90 Å². The molecule has 136 valence electrons. The van der Waals surface area contributed by atoms with Crippen molar-refractivity contribution in [1.29, 1.82) is 0 Å². The van der Waals surface area contributed by atoms with E-state index in [9.17, 15) is 9.59 Å². The lowest BCUT2D eigenvalue weighted by Crippen LogP contribution is -2.47. The van der Waals surface area contributed by atoms with Crippen LogP contribution in [-0.4, -0.2) is 43.1 Å². The van der Waals surface area contributed by atoms with Crippen LogP contribution in [0.4, 0.5) is 4.79 Å². The SMILES string of the molecule is C[C@H](NC(=O)[C@@H]1CCCN(C(N)=O)C1)c1ccc2c(c1)OCCCO2. The molecule has 1 saturated heterocycles. The van der Waals surface area contributed by atoms with Gasteiger partial charge in [-0.25, -0.2) is 4.79 Å². The monoisotopic (exact) mass is 347 g/mol. The standard InChI is InChI=1S/C18H25N3O4/c1-12(13-5-6-15-16(10-13)25-9-3-8-24-15)20-17(22)14-4-2-7-21(11-14)18(19)23/h5-6,10,12,14H,2-4,7-9,11H2,1H3,(H2,19,23)(H,20,22)/t12-,14+/m0/s1. The van der Waals surface area contributed by atoms with Crippen molar-refractivity contribution in [2.75, 3.05) is 26.3 Å².